The van der Waals surface area contributed by atoms with Crippen molar-refractivity contribution in [2.24, 2.45) is 64.1 Å². The van der Waals surface area contributed by atoms with Crippen LogP contribution in [0.25, 0.3) is 0 Å². The van der Waals surface area contributed by atoms with Crippen LogP contribution >= 0.6 is 0 Å². The third-order valence-corrected chi connectivity index (χ3v) is 22.1. The summed E-state index contributed by atoms with van der Waals surface area (Å²) in [6.07, 6.45) is 60.6. The van der Waals surface area contributed by atoms with E-state index in [2.05, 4.69) is 141 Å². The Labute approximate surface area is 534 Å². The monoisotopic (exact) mass is 1190 g/mol. The molecular weight excluding hydrogens is 1050 g/mol. The smallest absolute Gasteiger partial charge is 0.306 e. The Morgan fingerprint density at radius 1 is 0.535 bits per heavy atom. The van der Waals surface area contributed by atoms with Crippen LogP contribution in [0.4, 0.5) is 0 Å². The van der Waals surface area contributed by atoms with Crippen LogP contribution in [0, 0.1) is 64.1 Å². The topological polar surface area (TPSA) is 49.9 Å². The van der Waals surface area contributed by atoms with E-state index in [1.807, 2.05) is 14.1 Å². The molecule has 86 heavy (non-hydrogen) atoms. The molecule has 492 valence electrons. The minimum atomic E-state index is -0.0466. The summed E-state index contributed by atoms with van der Waals surface area (Å²) in [4.78, 5) is 29.9. The predicted octanol–water partition coefficient (Wildman–Crippen LogP) is 23.2. The van der Waals surface area contributed by atoms with Gasteiger partial charge in [-0.3, -0.25) is 9.59 Å². The van der Waals surface area contributed by atoms with Crippen molar-refractivity contribution in [3.63, 3.8) is 0 Å². The molecule has 0 heterocycles. The van der Waals surface area contributed by atoms with Crippen molar-refractivity contribution < 1.29 is 14.3 Å². The molecule has 6 saturated carbocycles. The first-order chi connectivity index (χ1) is 40.2. The van der Waals surface area contributed by atoms with Crippen LogP contribution in [-0.2, 0) is 14.3 Å². The molecule has 5 heteroatoms. The van der Waals surface area contributed by atoms with Crippen molar-refractivity contribution in [1.29, 1.82) is 0 Å². The lowest BCUT2D eigenvalue weighted by molar-refractivity contribution is -0.149. The van der Waals surface area contributed by atoms with E-state index in [-0.39, 0.29) is 32.8 Å². The number of carbonyl (C=O) groups is 2. The molecule has 0 bridgehead atoms. The number of nitrogens with zero attached hydrogens (tertiary/aromatic N) is 2. The zero-order valence-corrected chi connectivity index (χ0v) is 57.1. The van der Waals surface area contributed by atoms with E-state index in [1.165, 1.54) is 183 Å². The van der Waals surface area contributed by atoms with Gasteiger partial charge in [0.25, 0.3) is 0 Å². The van der Waals surface area contributed by atoms with Crippen molar-refractivity contribution in [1.82, 2.24) is 9.80 Å². The van der Waals surface area contributed by atoms with Gasteiger partial charge in [0.2, 0.25) is 0 Å². The number of hydrogen-bond acceptors (Lipinski definition) is 5. The minimum Gasteiger partial charge on any atom is -0.462 e. The normalized spacial score (nSPS) is 28.6. The van der Waals surface area contributed by atoms with Gasteiger partial charge in [0.15, 0.2) is 0 Å². The quantitative estimate of drug-likeness (QED) is 0.0372. The minimum absolute atomic E-state index is 0. The number of unbranched alkanes of at least 4 members (excludes halogenated alkanes) is 7. The standard InChI is InChI=1S/C46H77NO.C33H55NO2.2CH4/c1-37(2)24-22-25-39(4)43-32-33-44-40(26-23-34-46(43,44)5)30-31-41-36-42(29-28-38(41)3)45(48)27-20-18-16-14-12-10-8-9-11-13-15-17-19-21-35-47(6)7;1-24(2)11-8-12-26(4)30-19-20-31-27(13-9-21-33(30,31)5)16-17-28-23-29(18-15-25(28)3)36-32(35)14-10-22-34(6)7;;/h8,10-11,13,30-31,37,39,42-44H,3,9,12,14-29,32-36H2,1-2,4-7H3;16-17,24,26,29-31H,3,8-15,18-23H2,1-2,4-7H3;2*1H4/b10-8+,13-11-,40-30+,41-31+;27-16+,28-17+;;/t39-,42+,43-,44?,46-;26-,29+,30-,31?,33-;;/m11../s1. The molecule has 5 nitrogen and oxygen atoms in total. The van der Waals surface area contributed by atoms with Gasteiger partial charge >= 0.3 is 5.97 Å². The van der Waals surface area contributed by atoms with Crippen LogP contribution in [0.3, 0.4) is 0 Å². The molecule has 0 amide bonds. The SMILES string of the molecule is C.C.C=C1CC[C@H](C(=O)CCCCCC/C=C/C/C=C\CCCCCN(C)C)C/C1=C\C=C1/CCC[C@@]2(C)C1CC[C@@H]2[C@H](C)CCCC(C)C.C=C1CC[C@H](OC(=O)CCCN(C)C)C/C1=C\C=C1/CCC[C@@]2(C)C1CC[C@@H]2[C@H](C)CCCC(C)C. The van der Waals surface area contributed by atoms with Gasteiger partial charge in [-0.2, -0.15) is 0 Å². The molecule has 6 aliphatic rings. The van der Waals surface area contributed by atoms with Crippen LogP contribution in [0.5, 0.6) is 0 Å². The highest BCUT2D eigenvalue weighted by Gasteiger charge is 2.52. The highest BCUT2D eigenvalue weighted by molar-refractivity contribution is 5.81. The summed E-state index contributed by atoms with van der Waals surface area (Å²) >= 11 is 0. The van der Waals surface area contributed by atoms with Crippen LogP contribution < -0.4 is 0 Å². The first-order valence-electron chi connectivity index (χ1n) is 35.7. The number of allylic oxidation sites excluding steroid dienone is 13. The van der Waals surface area contributed by atoms with E-state index in [1.54, 1.807) is 11.1 Å². The van der Waals surface area contributed by atoms with Crippen molar-refractivity contribution in [3.8, 4) is 0 Å². The van der Waals surface area contributed by atoms with Crippen LogP contribution in [-0.4, -0.2) is 68.9 Å². The largest absolute Gasteiger partial charge is 0.462 e. The summed E-state index contributed by atoms with van der Waals surface area (Å²) in [6.45, 7) is 30.7. The number of carbonyl (C=O) groups excluding carboxylic acids is 2. The first kappa shape index (κ1) is 77.2. The molecule has 0 radical (unpaired) electrons. The molecular formula is C81H140N2O3. The van der Waals surface area contributed by atoms with Gasteiger partial charge in [-0.1, -0.05) is 212 Å². The Bertz CT molecular complexity index is 2180. The van der Waals surface area contributed by atoms with E-state index in [0.29, 0.717) is 23.0 Å². The van der Waals surface area contributed by atoms with E-state index < -0.39 is 0 Å². The van der Waals surface area contributed by atoms with Crippen LogP contribution in [0.2, 0.25) is 0 Å². The van der Waals surface area contributed by atoms with E-state index in [4.69, 9.17) is 4.74 Å². The van der Waals surface area contributed by atoms with Crippen LogP contribution in [0.15, 0.2) is 95.2 Å². The van der Waals surface area contributed by atoms with Gasteiger partial charge in [0, 0.05) is 25.2 Å². The summed E-state index contributed by atoms with van der Waals surface area (Å²) in [5.74, 6) is 7.21. The molecule has 0 spiro atoms. The van der Waals surface area contributed by atoms with Gasteiger partial charge in [-0.15, -0.1) is 0 Å². The summed E-state index contributed by atoms with van der Waals surface area (Å²) < 4.78 is 5.86. The zero-order chi connectivity index (χ0) is 61.1. The second-order valence-electron chi connectivity index (χ2n) is 30.3. The first-order valence-corrected chi connectivity index (χ1v) is 35.7. The summed E-state index contributed by atoms with van der Waals surface area (Å²) in [6, 6.07) is 0. The van der Waals surface area contributed by atoms with Crippen molar-refractivity contribution >= 4 is 11.8 Å². The summed E-state index contributed by atoms with van der Waals surface area (Å²) in [7, 11) is 8.38. The number of fused-ring (bicyclic) bond motifs is 2. The van der Waals surface area contributed by atoms with Crippen LogP contribution in [0.1, 0.15) is 295 Å². The fourth-order valence-corrected chi connectivity index (χ4v) is 17.0. The summed E-state index contributed by atoms with van der Waals surface area (Å²) in [5, 5.41) is 0. The maximum atomic E-state index is 13.2. The van der Waals surface area contributed by atoms with Gasteiger partial charge in [-0.25, -0.2) is 0 Å². The van der Waals surface area contributed by atoms with E-state index in [9.17, 15) is 9.59 Å². The molecule has 0 N–H and O–H groups in total. The number of ether oxygens (including phenoxy) is 1. The fourth-order valence-electron chi connectivity index (χ4n) is 17.0. The fraction of sp³-hybridized carbons (Fsp3) is 0.778. The molecule has 0 aliphatic heterocycles. The molecule has 0 aromatic heterocycles. The lowest BCUT2D eigenvalue weighted by atomic mass is 9.60. The van der Waals surface area contributed by atoms with Crippen molar-refractivity contribution in [3.05, 3.63) is 95.2 Å². The van der Waals surface area contributed by atoms with Gasteiger partial charge in [0.05, 0.1) is 0 Å². The molecule has 0 aromatic carbocycles. The Morgan fingerprint density at radius 2 is 1.01 bits per heavy atom. The van der Waals surface area contributed by atoms with Gasteiger partial charge in [-0.05, 0) is 258 Å². The highest BCUT2D eigenvalue weighted by Crippen LogP contribution is 2.61. The maximum Gasteiger partial charge on any atom is 0.306 e. The maximum absolute atomic E-state index is 13.2. The average Bonchev–Trinajstić information content (AvgIpc) is 2.11. The number of ketones is 1. The van der Waals surface area contributed by atoms with Gasteiger partial charge < -0.3 is 14.5 Å². The number of rotatable bonds is 33. The molecule has 0 saturated heterocycles. The van der Waals surface area contributed by atoms with E-state index in [0.717, 1.165) is 118 Å². The molecule has 6 fully saturated rings. The number of esters is 1. The molecule has 2 unspecified atom stereocenters. The molecule has 0 aromatic rings. The Hall–Kier alpha value is -3.02. The second kappa shape index (κ2) is 40.7. The Kier molecular flexibility index (Phi) is 36.5. The number of hydrogen-bond donors (Lipinski definition) is 0. The van der Waals surface area contributed by atoms with Crippen molar-refractivity contribution in [2.75, 3.05) is 41.3 Å². The van der Waals surface area contributed by atoms with Gasteiger partial charge in [0.1, 0.15) is 11.9 Å². The van der Waals surface area contributed by atoms with E-state index >= 15 is 0 Å². The van der Waals surface area contributed by atoms with Crippen molar-refractivity contribution in [2.45, 2.75) is 301 Å². The third kappa shape index (κ3) is 25.7. The Morgan fingerprint density at radius 3 is 1.52 bits per heavy atom. The lowest BCUT2D eigenvalue weighted by Crippen LogP contribution is -2.36. The third-order valence-electron chi connectivity index (χ3n) is 22.1. The second-order valence-corrected chi connectivity index (χ2v) is 30.3. The highest BCUT2D eigenvalue weighted by atomic mass is 16.5. The zero-order valence-electron chi connectivity index (χ0n) is 57.1. The predicted molar refractivity (Wildman–Crippen MR) is 378 cm³/mol. The summed E-state index contributed by atoms with van der Waals surface area (Å²) in [5.41, 5.74) is 9.46. The molecule has 6 rings (SSSR count). The molecule has 10 atom stereocenters. The molecule has 6 aliphatic carbocycles. The average molecular weight is 1190 g/mol. The Balaban J connectivity index is 0.000000457. The lowest BCUT2D eigenvalue weighted by Gasteiger charge is -2.44. The number of Topliss-reactive ketones (excluding diaryl/α,β-unsaturated/α-hetero) is 1.